The Morgan fingerprint density at radius 1 is 1.21 bits per heavy atom. The largest absolute Gasteiger partial charge is 0.339 e. The smallest absolute Gasteiger partial charge is 0.232 e. The van der Waals surface area contributed by atoms with Crippen LogP contribution in [0.2, 0.25) is 5.02 Å². The molecule has 132 valence electrons. The number of Topliss-reactive ketones (excluding diaryl/α,β-unsaturated/α-hetero) is 1. The standard InChI is InChI=1S/C18H25ClN2O2S/c1-2-11-21(16-7-9-20-10-8-16)18(23)13-24-12-17(22)14-3-5-15(19)6-4-14/h3-6,16,20H,2,7-13H2,1H3. The van der Waals surface area contributed by atoms with Gasteiger partial charge in [0.25, 0.3) is 0 Å². The minimum Gasteiger partial charge on any atom is -0.339 e. The van der Waals surface area contributed by atoms with Crippen molar-refractivity contribution in [3.63, 3.8) is 0 Å². The van der Waals surface area contributed by atoms with Crippen molar-refractivity contribution in [1.82, 2.24) is 10.2 Å². The number of thioether (sulfide) groups is 1. The molecule has 0 radical (unpaired) electrons. The number of piperidine rings is 1. The van der Waals surface area contributed by atoms with Crippen molar-refractivity contribution in [2.45, 2.75) is 32.2 Å². The van der Waals surface area contributed by atoms with Crippen molar-refractivity contribution < 1.29 is 9.59 Å². The van der Waals surface area contributed by atoms with Crippen LogP contribution in [0.15, 0.2) is 24.3 Å². The number of amides is 1. The number of ketones is 1. The summed E-state index contributed by atoms with van der Waals surface area (Å²) in [6.45, 7) is 4.84. The molecule has 0 aliphatic carbocycles. The molecule has 1 amide bonds. The van der Waals surface area contributed by atoms with E-state index in [1.807, 2.05) is 4.90 Å². The van der Waals surface area contributed by atoms with Crippen molar-refractivity contribution in [3.05, 3.63) is 34.9 Å². The third-order valence-electron chi connectivity index (χ3n) is 4.16. The summed E-state index contributed by atoms with van der Waals surface area (Å²) in [4.78, 5) is 26.7. The topological polar surface area (TPSA) is 49.4 Å². The Hall–Kier alpha value is -1.04. The van der Waals surface area contributed by atoms with Crippen molar-refractivity contribution in [3.8, 4) is 0 Å². The van der Waals surface area contributed by atoms with Gasteiger partial charge < -0.3 is 10.2 Å². The Morgan fingerprint density at radius 3 is 2.50 bits per heavy atom. The highest BCUT2D eigenvalue weighted by molar-refractivity contribution is 8.00. The van der Waals surface area contributed by atoms with E-state index in [2.05, 4.69) is 12.2 Å². The highest BCUT2D eigenvalue weighted by Gasteiger charge is 2.24. The van der Waals surface area contributed by atoms with Crippen LogP contribution in [0.5, 0.6) is 0 Å². The van der Waals surface area contributed by atoms with E-state index in [0.29, 0.717) is 28.1 Å². The first-order valence-electron chi connectivity index (χ1n) is 8.48. The van der Waals surface area contributed by atoms with E-state index in [1.54, 1.807) is 24.3 Å². The maximum Gasteiger partial charge on any atom is 0.232 e. The highest BCUT2D eigenvalue weighted by Crippen LogP contribution is 2.16. The summed E-state index contributed by atoms with van der Waals surface area (Å²) >= 11 is 7.23. The molecule has 1 aromatic rings. The van der Waals surface area contributed by atoms with E-state index < -0.39 is 0 Å². The Balaban J connectivity index is 1.81. The van der Waals surface area contributed by atoms with Gasteiger partial charge in [-0.25, -0.2) is 0 Å². The Labute approximate surface area is 153 Å². The zero-order chi connectivity index (χ0) is 17.4. The van der Waals surface area contributed by atoms with E-state index in [1.165, 1.54) is 11.8 Å². The van der Waals surface area contributed by atoms with Crippen molar-refractivity contribution in [2.24, 2.45) is 0 Å². The number of benzene rings is 1. The third kappa shape index (κ3) is 5.80. The molecule has 1 N–H and O–H groups in total. The van der Waals surface area contributed by atoms with Crippen LogP contribution in [-0.4, -0.2) is 53.8 Å². The number of hydrogen-bond acceptors (Lipinski definition) is 4. The van der Waals surface area contributed by atoms with Crippen molar-refractivity contribution in [2.75, 3.05) is 31.1 Å². The van der Waals surface area contributed by atoms with E-state index in [4.69, 9.17) is 11.6 Å². The first kappa shape index (κ1) is 19.3. The number of hydrogen-bond donors (Lipinski definition) is 1. The maximum atomic E-state index is 12.6. The van der Waals surface area contributed by atoms with Gasteiger partial charge in [0.1, 0.15) is 0 Å². The summed E-state index contributed by atoms with van der Waals surface area (Å²) < 4.78 is 0. The van der Waals surface area contributed by atoms with Crippen LogP contribution in [0.25, 0.3) is 0 Å². The number of carbonyl (C=O) groups excluding carboxylic acids is 2. The molecule has 4 nitrogen and oxygen atoms in total. The molecule has 1 heterocycles. The highest BCUT2D eigenvalue weighted by atomic mass is 35.5. The Kier molecular flexibility index (Phi) is 8.09. The molecule has 1 saturated heterocycles. The molecule has 0 atom stereocenters. The molecule has 1 aromatic carbocycles. The predicted molar refractivity (Wildman–Crippen MR) is 101 cm³/mol. The zero-order valence-corrected chi connectivity index (χ0v) is 15.7. The molecule has 1 fully saturated rings. The van der Waals surface area contributed by atoms with Crippen LogP contribution in [-0.2, 0) is 4.79 Å². The van der Waals surface area contributed by atoms with Gasteiger partial charge in [-0.15, -0.1) is 11.8 Å². The molecule has 2 rings (SSSR count). The molecule has 0 aromatic heterocycles. The van der Waals surface area contributed by atoms with Crippen molar-refractivity contribution in [1.29, 1.82) is 0 Å². The number of halogens is 1. The minimum atomic E-state index is 0.0355. The van der Waals surface area contributed by atoms with Gasteiger partial charge in [-0.1, -0.05) is 18.5 Å². The summed E-state index contributed by atoms with van der Waals surface area (Å²) in [6.07, 6.45) is 2.99. The first-order valence-corrected chi connectivity index (χ1v) is 10.0. The summed E-state index contributed by atoms with van der Waals surface area (Å²) in [7, 11) is 0. The predicted octanol–water partition coefficient (Wildman–Crippen LogP) is 3.25. The van der Waals surface area contributed by atoms with Gasteiger partial charge in [0.05, 0.1) is 11.5 Å². The number of rotatable bonds is 8. The van der Waals surface area contributed by atoms with Gasteiger partial charge in [0.2, 0.25) is 5.91 Å². The second-order valence-electron chi connectivity index (χ2n) is 5.99. The average Bonchev–Trinajstić information content (AvgIpc) is 2.60. The fourth-order valence-electron chi connectivity index (χ4n) is 2.90. The number of nitrogens with one attached hydrogen (secondary N) is 1. The third-order valence-corrected chi connectivity index (χ3v) is 5.33. The normalized spacial score (nSPS) is 15.2. The van der Waals surface area contributed by atoms with E-state index in [-0.39, 0.29) is 11.7 Å². The van der Waals surface area contributed by atoms with Crippen LogP contribution in [0.3, 0.4) is 0 Å². The van der Waals surface area contributed by atoms with Gasteiger partial charge in [-0.05, 0) is 56.6 Å². The second-order valence-corrected chi connectivity index (χ2v) is 7.41. The molecule has 0 unspecified atom stereocenters. The van der Waals surface area contributed by atoms with Crippen LogP contribution in [0.1, 0.15) is 36.5 Å². The summed E-state index contributed by atoms with van der Waals surface area (Å²) in [5.41, 5.74) is 0.642. The first-order chi connectivity index (χ1) is 11.6. The monoisotopic (exact) mass is 368 g/mol. The van der Waals surface area contributed by atoms with Gasteiger partial charge in [-0.2, -0.15) is 0 Å². The van der Waals surface area contributed by atoms with E-state index >= 15 is 0 Å². The molecule has 24 heavy (non-hydrogen) atoms. The lowest BCUT2D eigenvalue weighted by Gasteiger charge is -2.34. The molecule has 0 spiro atoms. The van der Waals surface area contributed by atoms with E-state index in [0.717, 1.165) is 38.9 Å². The second kappa shape index (κ2) is 10.1. The lowest BCUT2D eigenvalue weighted by atomic mass is 10.0. The van der Waals surface area contributed by atoms with Gasteiger partial charge >= 0.3 is 0 Å². The number of nitrogens with zero attached hydrogens (tertiary/aromatic N) is 1. The van der Waals surface area contributed by atoms with E-state index in [9.17, 15) is 9.59 Å². The maximum absolute atomic E-state index is 12.6. The Morgan fingerprint density at radius 2 is 1.88 bits per heavy atom. The Bertz CT molecular complexity index is 544. The van der Waals surface area contributed by atoms with Gasteiger partial charge in [0.15, 0.2) is 5.78 Å². The summed E-state index contributed by atoms with van der Waals surface area (Å²) in [6, 6.07) is 7.22. The quantitative estimate of drug-likeness (QED) is 0.715. The number of carbonyl (C=O) groups is 2. The van der Waals surface area contributed by atoms with Crippen LogP contribution >= 0.6 is 23.4 Å². The molecule has 0 saturated carbocycles. The van der Waals surface area contributed by atoms with Crippen LogP contribution < -0.4 is 5.32 Å². The van der Waals surface area contributed by atoms with Crippen molar-refractivity contribution >= 4 is 35.1 Å². The molecule has 6 heteroatoms. The molecule has 0 bridgehead atoms. The summed E-state index contributed by atoms with van der Waals surface area (Å²) in [5.74, 6) is 0.869. The fourth-order valence-corrected chi connectivity index (χ4v) is 3.82. The average molecular weight is 369 g/mol. The lowest BCUT2D eigenvalue weighted by Crippen LogP contribution is -2.47. The molecule has 1 aliphatic heterocycles. The van der Waals surface area contributed by atoms with Gasteiger partial charge in [0, 0.05) is 23.2 Å². The van der Waals surface area contributed by atoms with Gasteiger partial charge in [-0.3, -0.25) is 9.59 Å². The summed E-state index contributed by atoms with van der Waals surface area (Å²) in [5, 5.41) is 3.95. The SMILES string of the molecule is CCCN(C(=O)CSCC(=O)c1ccc(Cl)cc1)C1CCNCC1. The lowest BCUT2D eigenvalue weighted by molar-refractivity contribution is -0.131. The molecular formula is C18H25ClN2O2S. The van der Waals surface area contributed by atoms with Crippen LogP contribution in [0, 0.1) is 0 Å². The minimum absolute atomic E-state index is 0.0355. The molecule has 1 aliphatic rings. The fraction of sp³-hybridized carbons (Fsp3) is 0.556. The zero-order valence-electron chi connectivity index (χ0n) is 14.1. The molecular weight excluding hydrogens is 344 g/mol. The van der Waals surface area contributed by atoms with Crippen LogP contribution in [0.4, 0.5) is 0 Å².